The first kappa shape index (κ1) is 25.6. The minimum atomic E-state index is -4.85. The zero-order valence-electron chi connectivity index (χ0n) is 17.2. The smallest absolute Gasteiger partial charge is 0.496 e. The van der Waals surface area contributed by atoms with Crippen LogP contribution in [0.5, 0.6) is 0 Å². The van der Waals surface area contributed by atoms with Gasteiger partial charge in [-0.1, -0.05) is 64.0 Å². The first-order valence-electron chi connectivity index (χ1n) is 10.1. The maximum absolute atomic E-state index is 11.8. The average molecular weight is 433 g/mol. The van der Waals surface area contributed by atoms with Crippen molar-refractivity contribution in [2.24, 2.45) is 0 Å². The van der Waals surface area contributed by atoms with Crippen molar-refractivity contribution in [1.29, 1.82) is 0 Å². The fraction of sp³-hybridized carbons (Fsp3) is 0.778. The summed E-state index contributed by atoms with van der Waals surface area (Å²) in [5.74, 6) is -1.41. The molecule has 1 unspecified atom stereocenters. The molecule has 0 radical (unpaired) electrons. The molecule has 1 heterocycles. The molecule has 0 aromatic heterocycles. The standard InChI is InChI=1S/C18H32BNO8S/c1-3-4-5-6-7-8-9-10-11-12-13-16(28-29(23,24)25)19-26-17(21)14-20(2)15-18(22)27-19/h12-13,16H,3-11,14-15H2,1-2H3,(H,23,24,25)/b13-12+. The van der Waals surface area contributed by atoms with E-state index in [0.717, 1.165) is 19.3 Å². The van der Waals surface area contributed by atoms with Gasteiger partial charge in [0, 0.05) is 0 Å². The molecule has 1 aliphatic heterocycles. The molecule has 1 N–H and O–H groups in total. The lowest BCUT2D eigenvalue weighted by Crippen LogP contribution is -2.48. The second-order valence-corrected chi connectivity index (χ2v) is 8.25. The highest BCUT2D eigenvalue weighted by Gasteiger charge is 2.41. The van der Waals surface area contributed by atoms with Crippen LogP contribution in [0.3, 0.4) is 0 Å². The summed E-state index contributed by atoms with van der Waals surface area (Å²) in [5, 5.41) is 0. The molecule has 0 saturated carbocycles. The van der Waals surface area contributed by atoms with Gasteiger partial charge in [0.15, 0.2) is 6.00 Å². The largest absolute Gasteiger partial charge is 0.635 e. The van der Waals surface area contributed by atoms with Gasteiger partial charge in [-0.15, -0.1) is 0 Å². The predicted octanol–water partition coefficient (Wildman–Crippen LogP) is 2.32. The number of carbonyl (C=O) groups excluding carboxylic acids is 2. The maximum Gasteiger partial charge on any atom is 0.635 e. The lowest BCUT2D eigenvalue weighted by atomic mass is 9.80. The van der Waals surface area contributed by atoms with Crippen LogP contribution in [0.15, 0.2) is 12.2 Å². The van der Waals surface area contributed by atoms with Crippen molar-refractivity contribution in [2.45, 2.75) is 70.7 Å². The molecule has 0 aromatic carbocycles. The van der Waals surface area contributed by atoms with Crippen LogP contribution < -0.4 is 0 Å². The van der Waals surface area contributed by atoms with E-state index in [1.54, 1.807) is 13.1 Å². The minimum Gasteiger partial charge on any atom is -0.496 e. The molecule has 9 nitrogen and oxygen atoms in total. The van der Waals surface area contributed by atoms with E-state index in [9.17, 15) is 18.0 Å². The van der Waals surface area contributed by atoms with Gasteiger partial charge in [0.05, 0.1) is 13.1 Å². The van der Waals surface area contributed by atoms with Crippen molar-refractivity contribution in [3.05, 3.63) is 12.2 Å². The Morgan fingerprint density at radius 2 is 1.59 bits per heavy atom. The summed E-state index contributed by atoms with van der Waals surface area (Å²) in [6.45, 7) is 1.86. The van der Waals surface area contributed by atoms with Crippen LogP contribution in [-0.4, -0.2) is 63.1 Å². The number of rotatable bonds is 13. The molecule has 0 aromatic rings. The number of nitrogens with zero attached hydrogens (tertiary/aromatic N) is 1. The molecule has 1 fully saturated rings. The van der Waals surface area contributed by atoms with E-state index in [0.29, 0.717) is 6.42 Å². The Hall–Kier alpha value is -1.43. The van der Waals surface area contributed by atoms with Crippen LogP contribution in [0.2, 0.25) is 0 Å². The third kappa shape index (κ3) is 12.7. The second-order valence-electron chi connectivity index (χ2n) is 7.20. The van der Waals surface area contributed by atoms with Crippen molar-refractivity contribution in [1.82, 2.24) is 4.90 Å². The number of allylic oxidation sites excluding steroid dienone is 1. The van der Waals surface area contributed by atoms with Crippen LogP contribution >= 0.6 is 0 Å². The van der Waals surface area contributed by atoms with Gasteiger partial charge in [-0.3, -0.25) is 19.0 Å². The summed E-state index contributed by atoms with van der Waals surface area (Å²) in [7, 11) is -4.90. The lowest BCUT2D eigenvalue weighted by Gasteiger charge is -2.24. The quantitative estimate of drug-likeness (QED) is 0.202. The van der Waals surface area contributed by atoms with Gasteiger partial charge in [0.1, 0.15) is 0 Å². The summed E-state index contributed by atoms with van der Waals surface area (Å²) in [6, 6.07) is -1.46. The van der Waals surface area contributed by atoms with E-state index in [1.807, 2.05) is 0 Å². The number of hydrogen-bond donors (Lipinski definition) is 1. The summed E-state index contributed by atoms with van der Waals surface area (Å²) >= 11 is 0. The van der Waals surface area contributed by atoms with Crippen LogP contribution in [0.1, 0.15) is 64.7 Å². The fourth-order valence-corrected chi connectivity index (χ4v) is 3.36. The fourth-order valence-electron chi connectivity index (χ4n) is 2.92. The molecule has 0 bridgehead atoms. The molecule has 1 saturated heterocycles. The number of hydrogen-bond acceptors (Lipinski definition) is 8. The SMILES string of the molecule is CCCCCCCCCC/C=C/C(OS(=O)(=O)O)B1OC(=O)CN(C)CC(=O)O1. The van der Waals surface area contributed by atoms with Gasteiger partial charge in [-0.25, -0.2) is 4.18 Å². The van der Waals surface area contributed by atoms with Gasteiger partial charge >= 0.3 is 29.5 Å². The van der Waals surface area contributed by atoms with E-state index >= 15 is 0 Å². The summed E-state index contributed by atoms with van der Waals surface area (Å²) < 4.78 is 45.9. The molecule has 1 atom stereocenters. The van der Waals surface area contributed by atoms with E-state index in [1.165, 1.54) is 43.1 Å². The van der Waals surface area contributed by atoms with E-state index in [-0.39, 0.29) is 13.1 Å². The van der Waals surface area contributed by atoms with Crippen LogP contribution in [0, 0.1) is 0 Å². The molecule has 0 amide bonds. The van der Waals surface area contributed by atoms with Crippen molar-refractivity contribution in [2.75, 3.05) is 20.1 Å². The summed E-state index contributed by atoms with van der Waals surface area (Å²) in [5.41, 5.74) is 0. The monoisotopic (exact) mass is 433 g/mol. The van der Waals surface area contributed by atoms with E-state index in [4.69, 9.17) is 13.9 Å². The Morgan fingerprint density at radius 1 is 1.07 bits per heavy atom. The van der Waals surface area contributed by atoms with Gasteiger partial charge in [-0.05, 0) is 19.9 Å². The van der Waals surface area contributed by atoms with Gasteiger partial charge in [0.25, 0.3) is 0 Å². The minimum absolute atomic E-state index is 0.161. The number of unbranched alkanes of at least 4 members (excludes halogenated alkanes) is 8. The first-order chi connectivity index (χ1) is 13.7. The molecule has 166 valence electrons. The van der Waals surface area contributed by atoms with Gasteiger partial charge in [-0.2, -0.15) is 8.42 Å². The Morgan fingerprint density at radius 3 is 2.10 bits per heavy atom. The van der Waals surface area contributed by atoms with Crippen molar-refractivity contribution < 1.29 is 36.1 Å². The van der Waals surface area contributed by atoms with Crippen LogP contribution in [0.4, 0.5) is 0 Å². The first-order valence-corrected chi connectivity index (χ1v) is 11.5. The molecule has 0 spiro atoms. The number of carbonyl (C=O) groups is 2. The molecule has 0 aliphatic carbocycles. The predicted molar refractivity (Wildman–Crippen MR) is 108 cm³/mol. The van der Waals surface area contributed by atoms with Gasteiger partial charge < -0.3 is 9.31 Å². The molecule has 11 heteroatoms. The molecular weight excluding hydrogens is 401 g/mol. The zero-order valence-corrected chi connectivity index (χ0v) is 18.1. The highest BCUT2D eigenvalue weighted by molar-refractivity contribution is 7.81. The van der Waals surface area contributed by atoms with Crippen molar-refractivity contribution in [3.63, 3.8) is 0 Å². The second kappa shape index (κ2) is 13.7. The van der Waals surface area contributed by atoms with Gasteiger partial charge in [0.2, 0.25) is 0 Å². The topological polar surface area (TPSA) is 119 Å². The Bertz CT molecular complexity index is 620. The highest BCUT2D eigenvalue weighted by Crippen LogP contribution is 2.13. The Kier molecular flexibility index (Phi) is 12.1. The maximum atomic E-state index is 11.8. The Balaban J connectivity index is 2.55. The van der Waals surface area contributed by atoms with Crippen LogP contribution in [-0.2, 0) is 33.5 Å². The lowest BCUT2D eigenvalue weighted by molar-refractivity contribution is -0.146. The molecule has 1 aliphatic rings. The Labute approximate surface area is 173 Å². The third-order valence-corrected chi connectivity index (χ3v) is 4.81. The third-order valence-electron chi connectivity index (χ3n) is 4.34. The van der Waals surface area contributed by atoms with E-state index < -0.39 is 35.5 Å². The highest BCUT2D eigenvalue weighted by atomic mass is 32.3. The normalized spacial score (nSPS) is 17.7. The molecule has 1 rings (SSSR count). The molecular formula is C18H32BNO8S. The zero-order chi connectivity index (χ0) is 21.7. The van der Waals surface area contributed by atoms with E-state index in [2.05, 4.69) is 11.1 Å². The summed E-state index contributed by atoms with van der Waals surface area (Å²) in [4.78, 5) is 25.1. The molecule has 29 heavy (non-hydrogen) atoms. The number of likely N-dealkylation sites (N-methyl/N-ethyl adjacent to an activating group) is 1. The van der Waals surface area contributed by atoms with Crippen molar-refractivity contribution >= 4 is 29.5 Å². The average Bonchev–Trinajstić information content (AvgIpc) is 2.59. The van der Waals surface area contributed by atoms with Crippen molar-refractivity contribution in [3.8, 4) is 0 Å². The van der Waals surface area contributed by atoms with Crippen LogP contribution in [0.25, 0.3) is 0 Å². The summed E-state index contributed by atoms with van der Waals surface area (Å²) in [6.07, 6.45) is 12.9.